The van der Waals surface area contributed by atoms with Gasteiger partial charge in [-0.05, 0) is 50.3 Å². The zero-order valence-corrected chi connectivity index (χ0v) is 12.1. The van der Waals surface area contributed by atoms with Crippen LogP contribution in [0.25, 0.3) is 0 Å². The van der Waals surface area contributed by atoms with Gasteiger partial charge in [0.2, 0.25) is 0 Å². The first-order valence-corrected chi connectivity index (χ1v) is 7.11. The molecule has 110 valence electrons. The van der Waals surface area contributed by atoms with Gasteiger partial charge in [-0.15, -0.1) is 0 Å². The number of benzene rings is 1. The van der Waals surface area contributed by atoms with Gasteiger partial charge in [0.15, 0.2) is 17.3 Å². The fraction of sp³-hybridized carbons (Fsp3) is 0.562. The summed E-state index contributed by atoms with van der Waals surface area (Å²) in [4.78, 5) is 12.5. The van der Waals surface area contributed by atoms with Gasteiger partial charge in [0.1, 0.15) is 5.60 Å². The summed E-state index contributed by atoms with van der Waals surface area (Å²) in [7, 11) is 1.42. The molecule has 3 nitrogen and oxygen atoms in total. The van der Waals surface area contributed by atoms with Crippen LogP contribution in [-0.4, -0.2) is 25.1 Å². The van der Waals surface area contributed by atoms with Crippen LogP contribution in [0.1, 0.15) is 38.2 Å². The molecule has 1 aromatic carbocycles. The van der Waals surface area contributed by atoms with Crippen molar-refractivity contribution in [1.82, 2.24) is 0 Å². The topological polar surface area (TPSA) is 35.5 Å². The lowest BCUT2D eigenvalue weighted by atomic mass is 9.91. The average Bonchev–Trinajstić information content (AvgIpc) is 2.89. The minimum absolute atomic E-state index is 0.0569. The minimum Gasteiger partial charge on any atom is -0.494 e. The number of ether oxygens (including phenoxy) is 2. The first-order chi connectivity index (χ1) is 9.61. The van der Waals surface area contributed by atoms with Crippen molar-refractivity contribution in [3.63, 3.8) is 0 Å². The predicted octanol–water partition coefficient (Wildman–Crippen LogP) is 3.30. The van der Waals surface area contributed by atoms with Crippen molar-refractivity contribution >= 4 is 5.78 Å². The van der Waals surface area contributed by atoms with E-state index in [1.807, 2.05) is 6.92 Å². The molecule has 0 heterocycles. The fourth-order valence-corrected chi connectivity index (χ4v) is 2.89. The molecule has 4 heteroatoms. The molecule has 2 rings (SSSR count). The van der Waals surface area contributed by atoms with Crippen LogP contribution in [0.5, 0.6) is 5.75 Å². The maximum atomic E-state index is 13.7. The Balaban J connectivity index is 2.12. The number of ketones is 1. The van der Waals surface area contributed by atoms with E-state index in [-0.39, 0.29) is 18.0 Å². The monoisotopic (exact) mass is 280 g/mol. The summed E-state index contributed by atoms with van der Waals surface area (Å²) in [5, 5.41) is 0. The van der Waals surface area contributed by atoms with E-state index in [0.29, 0.717) is 12.2 Å². The van der Waals surface area contributed by atoms with E-state index in [1.54, 1.807) is 12.1 Å². The first kappa shape index (κ1) is 15.0. The van der Waals surface area contributed by atoms with Crippen LogP contribution in [0, 0.1) is 5.82 Å². The van der Waals surface area contributed by atoms with E-state index in [1.165, 1.54) is 13.2 Å². The number of hydrogen-bond donors (Lipinski definition) is 0. The Morgan fingerprint density at radius 3 is 2.60 bits per heavy atom. The van der Waals surface area contributed by atoms with Gasteiger partial charge in [-0.1, -0.05) is 6.07 Å². The Morgan fingerprint density at radius 2 is 2.05 bits per heavy atom. The summed E-state index contributed by atoms with van der Waals surface area (Å²) >= 11 is 0. The Labute approximate surface area is 119 Å². The number of carbonyl (C=O) groups excluding carboxylic acids is 1. The summed E-state index contributed by atoms with van der Waals surface area (Å²) in [5.74, 6) is -0.183. The van der Waals surface area contributed by atoms with Crippen LogP contribution in [-0.2, 0) is 16.0 Å². The van der Waals surface area contributed by atoms with E-state index in [0.717, 1.165) is 25.7 Å². The summed E-state index contributed by atoms with van der Waals surface area (Å²) in [6.07, 6.45) is 3.79. The molecule has 20 heavy (non-hydrogen) atoms. The standard InChI is InChI=1S/C16H21FO3/c1-3-20-16(8-4-5-9-16)15(18)11-12-6-7-14(19-2)13(17)10-12/h6-7,10H,3-5,8-9,11H2,1-2H3. The maximum Gasteiger partial charge on any atom is 0.168 e. The first-order valence-electron chi connectivity index (χ1n) is 7.11. The lowest BCUT2D eigenvalue weighted by Crippen LogP contribution is -2.40. The van der Waals surface area contributed by atoms with E-state index in [4.69, 9.17) is 9.47 Å². The highest BCUT2D eigenvalue weighted by Gasteiger charge is 2.41. The Bertz CT molecular complexity index is 479. The van der Waals surface area contributed by atoms with Crippen molar-refractivity contribution < 1.29 is 18.7 Å². The zero-order valence-electron chi connectivity index (χ0n) is 12.1. The molecule has 0 saturated heterocycles. The van der Waals surface area contributed by atoms with Gasteiger partial charge in [-0.3, -0.25) is 4.79 Å². The highest BCUT2D eigenvalue weighted by molar-refractivity contribution is 5.89. The van der Waals surface area contributed by atoms with Crippen LogP contribution in [0.3, 0.4) is 0 Å². The summed E-state index contributed by atoms with van der Waals surface area (Å²) in [5.41, 5.74) is 0.0183. The van der Waals surface area contributed by atoms with Crippen molar-refractivity contribution in [1.29, 1.82) is 0 Å². The lowest BCUT2D eigenvalue weighted by Gasteiger charge is -2.27. The van der Waals surface area contributed by atoms with Crippen LogP contribution >= 0.6 is 0 Å². The molecule has 1 saturated carbocycles. The summed E-state index contributed by atoms with van der Waals surface area (Å²) < 4.78 is 24.3. The molecule has 0 aliphatic heterocycles. The molecular weight excluding hydrogens is 259 g/mol. The van der Waals surface area contributed by atoms with Gasteiger partial charge in [-0.2, -0.15) is 0 Å². The van der Waals surface area contributed by atoms with Crippen molar-refractivity contribution in [2.45, 2.75) is 44.6 Å². The molecule has 0 bridgehead atoms. The van der Waals surface area contributed by atoms with Crippen molar-refractivity contribution in [2.24, 2.45) is 0 Å². The third kappa shape index (κ3) is 3.01. The normalized spacial score (nSPS) is 17.1. The van der Waals surface area contributed by atoms with Crippen molar-refractivity contribution in [3.05, 3.63) is 29.6 Å². The fourth-order valence-electron chi connectivity index (χ4n) is 2.89. The van der Waals surface area contributed by atoms with Gasteiger partial charge in [0.25, 0.3) is 0 Å². The second-order valence-electron chi connectivity index (χ2n) is 5.20. The number of hydrogen-bond acceptors (Lipinski definition) is 3. The van der Waals surface area contributed by atoms with Crippen LogP contribution in [0.2, 0.25) is 0 Å². The second kappa shape index (κ2) is 6.35. The van der Waals surface area contributed by atoms with Gasteiger partial charge >= 0.3 is 0 Å². The molecule has 0 N–H and O–H groups in total. The molecule has 0 atom stereocenters. The van der Waals surface area contributed by atoms with Gasteiger partial charge < -0.3 is 9.47 Å². The third-order valence-electron chi connectivity index (χ3n) is 3.92. The van der Waals surface area contributed by atoms with Crippen molar-refractivity contribution in [2.75, 3.05) is 13.7 Å². The minimum atomic E-state index is -0.648. The molecule has 1 aromatic rings. The lowest BCUT2D eigenvalue weighted by molar-refractivity contribution is -0.142. The molecular formula is C16H21FO3. The van der Waals surface area contributed by atoms with Crippen molar-refractivity contribution in [3.8, 4) is 5.75 Å². The number of methoxy groups -OCH3 is 1. The van der Waals surface area contributed by atoms with Crippen LogP contribution in [0.4, 0.5) is 4.39 Å². The van der Waals surface area contributed by atoms with E-state index < -0.39 is 11.4 Å². The third-order valence-corrected chi connectivity index (χ3v) is 3.92. The largest absolute Gasteiger partial charge is 0.494 e. The van der Waals surface area contributed by atoms with Crippen LogP contribution in [0.15, 0.2) is 18.2 Å². The van der Waals surface area contributed by atoms with E-state index >= 15 is 0 Å². The molecule has 1 fully saturated rings. The van der Waals surface area contributed by atoms with Gasteiger partial charge in [0, 0.05) is 13.0 Å². The number of Topliss-reactive ketones (excluding diaryl/α,β-unsaturated/α-hetero) is 1. The van der Waals surface area contributed by atoms with E-state index in [2.05, 4.69) is 0 Å². The smallest absolute Gasteiger partial charge is 0.168 e. The zero-order chi connectivity index (χ0) is 14.6. The molecule has 1 aliphatic carbocycles. The van der Waals surface area contributed by atoms with Gasteiger partial charge in [0.05, 0.1) is 7.11 Å². The molecule has 0 unspecified atom stereocenters. The molecule has 0 radical (unpaired) electrons. The van der Waals surface area contributed by atoms with Crippen LogP contribution < -0.4 is 4.74 Å². The molecule has 0 spiro atoms. The second-order valence-corrected chi connectivity index (χ2v) is 5.20. The molecule has 0 amide bonds. The Kier molecular flexibility index (Phi) is 4.76. The Hall–Kier alpha value is -1.42. The maximum absolute atomic E-state index is 13.7. The number of carbonyl (C=O) groups is 1. The highest BCUT2D eigenvalue weighted by atomic mass is 19.1. The molecule has 1 aliphatic rings. The van der Waals surface area contributed by atoms with Gasteiger partial charge in [-0.25, -0.2) is 4.39 Å². The number of rotatable bonds is 6. The number of halogens is 1. The molecule has 0 aromatic heterocycles. The average molecular weight is 280 g/mol. The Morgan fingerprint density at radius 1 is 1.35 bits per heavy atom. The SMILES string of the molecule is CCOC1(C(=O)Cc2ccc(OC)c(F)c2)CCCC1. The predicted molar refractivity (Wildman–Crippen MR) is 74.5 cm³/mol. The summed E-state index contributed by atoms with van der Waals surface area (Å²) in [6, 6.07) is 4.65. The highest BCUT2D eigenvalue weighted by Crippen LogP contribution is 2.35. The summed E-state index contributed by atoms with van der Waals surface area (Å²) in [6.45, 7) is 2.43. The van der Waals surface area contributed by atoms with E-state index in [9.17, 15) is 9.18 Å². The quantitative estimate of drug-likeness (QED) is 0.802.